The number of aryl methyl sites for hydroxylation is 2. The van der Waals surface area contributed by atoms with Crippen molar-refractivity contribution in [3.63, 3.8) is 0 Å². The number of rotatable bonds is 7. The molecule has 0 amide bonds. The molecular weight excluding hydrogens is 226 g/mol. The number of hydrogen-bond acceptors (Lipinski definition) is 4. The smallest absolute Gasteiger partial charge is 0.147 e. The summed E-state index contributed by atoms with van der Waals surface area (Å²) in [7, 11) is 4.06. The van der Waals surface area contributed by atoms with Gasteiger partial charge in [0.05, 0.1) is 11.4 Å². The number of anilines is 2. The maximum atomic E-state index is 6.11. The van der Waals surface area contributed by atoms with Crippen molar-refractivity contribution in [3.05, 3.63) is 5.69 Å². The second-order valence-electron chi connectivity index (χ2n) is 5.08. The first-order chi connectivity index (χ1) is 8.47. The maximum absolute atomic E-state index is 6.11. The molecule has 0 saturated heterocycles. The molecule has 1 rings (SSSR count). The number of nitrogens with two attached hydrogens (primary N) is 1. The summed E-state index contributed by atoms with van der Waals surface area (Å²) in [5.74, 6) is 0.940. The van der Waals surface area contributed by atoms with Crippen LogP contribution in [0.2, 0.25) is 0 Å². The molecule has 0 saturated carbocycles. The molecule has 18 heavy (non-hydrogen) atoms. The average Bonchev–Trinajstić information content (AvgIpc) is 2.56. The van der Waals surface area contributed by atoms with Crippen LogP contribution in [0.4, 0.5) is 11.5 Å². The fourth-order valence-corrected chi connectivity index (χ4v) is 1.84. The van der Waals surface area contributed by atoms with Gasteiger partial charge in [0.25, 0.3) is 0 Å². The van der Waals surface area contributed by atoms with Gasteiger partial charge in [-0.3, -0.25) is 4.68 Å². The fourth-order valence-electron chi connectivity index (χ4n) is 1.84. The minimum absolute atomic E-state index is 0.561. The van der Waals surface area contributed by atoms with Gasteiger partial charge in [0.2, 0.25) is 0 Å². The number of nitrogens with zero attached hydrogens (tertiary/aromatic N) is 3. The van der Waals surface area contributed by atoms with Gasteiger partial charge in [0.15, 0.2) is 0 Å². The Morgan fingerprint density at radius 2 is 2.11 bits per heavy atom. The Balaban J connectivity index is 2.57. The largest absolute Gasteiger partial charge is 0.394 e. The van der Waals surface area contributed by atoms with Crippen molar-refractivity contribution in [2.75, 3.05) is 31.2 Å². The minimum atomic E-state index is 0.561. The lowest BCUT2D eigenvalue weighted by Gasteiger charge is -2.21. The highest BCUT2D eigenvalue weighted by Gasteiger charge is 2.12. The van der Waals surface area contributed by atoms with Crippen LogP contribution < -0.4 is 11.1 Å². The Kier molecular flexibility index (Phi) is 5.47. The molecule has 0 radical (unpaired) electrons. The van der Waals surface area contributed by atoms with Gasteiger partial charge >= 0.3 is 0 Å². The van der Waals surface area contributed by atoms with E-state index < -0.39 is 0 Å². The summed E-state index contributed by atoms with van der Waals surface area (Å²) in [6.45, 7) is 8.39. The Bertz CT molecular complexity index is 370. The van der Waals surface area contributed by atoms with Crippen LogP contribution in [0.3, 0.4) is 0 Å². The van der Waals surface area contributed by atoms with Crippen LogP contribution in [-0.4, -0.2) is 40.9 Å². The lowest BCUT2D eigenvalue weighted by molar-refractivity contribution is 0.284. The highest BCUT2D eigenvalue weighted by Crippen LogP contribution is 2.22. The highest BCUT2D eigenvalue weighted by molar-refractivity contribution is 5.65. The molecule has 5 nitrogen and oxygen atoms in total. The molecule has 104 valence electrons. The van der Waals surface area contributed by atoms with Gasteiger partial charge < -0.3 is 16.0 Å². The molecule has 0 fully saturated rings. The molecule has 3 N–H and O–H groups in total. The molecule has 0 aliphatic rings. The molecule has 1 aromatic rings. The minimum Gasteiger partial charge on any atom is -0.394 e. The van der Waals surface area contributed by atoms with E-state index in [1.165, 1.54) is 0 Å². The molecule has 0 spiro atoms. The zero-order valence-corrected chi connectivity index (χ0v) is 12.3. The Morgan fingerprint density at radius 1 is 1.44 bits per heavy atom. The number of hydrogen-bond donors (Lipinski definition) is 2. The van der Waals surface area contributed by atoms with Gasteiger partial charge in [-0.1, -0.05) is 13.3 Å². The average molecular weight is 253 g/mol. The zero-order chi connectivity index (χ0) is 13.7. The maximum Gasteiger partial charge on any atom is 0.147 e. The molecule has 0 aliphatic heterocycles. The second kappa shape index (κ2) is 6.64. The van der Waals surface area contributed by atoms with Crippen molar-refractivity contribution in [3.8, 4) is 0 Å². The SMILES string of the molecule is CCCc1nn(C)c(NCCN(C)C(C)C)c1N. The van der Waals surface area contributed by atoms with E-state index >= 15 is 0 Å². The molecule has 5 heteroatoms. The Hall–Kier alpha value is -1.23. The molecule has 0 aromatic carbocycles. The second-order valence-corrected chi connectivity index (χ2v) is 5.08. The van der Waals surface area contributed by atoms with Crippen LogP contribution >= 0.6 is 0 Å². The van der Waals surface area contributed by atoms with E-state index in [0.29, 0.717) is 6.04 Å². The summed E-state index contributed by atoms with van der Waals surface area (Å²) >= 11 is 0. The van der Waals surface area contributed by atoms with E-state index in [1.807, 2.05) is 11.7 Å². The molecule has 1 aromatic heterocycles. The molecule has 0 atom stereocenters. The van der Waals surface area contributed by atoms with Crippen LogP contribution in [0.25, 0.3) is 0 Å². The third kappa shape index (κ3) is 3.63. The van der Waals surface area contributed by atoms with Gasteiger partial charge in [-0.2, -0.15) is 5.10 Å². The van der Waals surface area contributed by atoms with E-state index in [0.717, 1.165) is 43.1 Å². The summed E-state index contributed by atoms with van der Waals surface area (Å²) in [6.07, 6.45) is 2.00. The van der Waals surface area contributed by atoms with Crippen LogP contribution in [-0.2, 0) is 13.5 Å². The fraction of sp³-hybridized carbons (Fsp3) is 0.769. The standard InChI is InChI=1S/C13H27N5/c1-6-7-11-12(14)13(18(5)16-11)15-8-9-17(4)10(2)3/h10,15H,6-9,14H2,1-5H3. The van der Waals surface area contributed by atoms with Crippen molar-refractivity contribution in [2.24, 2.45) is 7.05 Å². The van der Waals surface area contributed by atoms with Gasteiger partial charge in [-0.15, -0.1) is 0 Å². The van der Waals surface area contributed by atoms with Gasteiger partial charge in [-0.05, 0) is 27.3 Å². The summed E-state index contributed by atoms with van der Waals surface area (Å²) in [5, 5.41) is 7.83. The third-order valence-electron chi connectivity index (χ3n) is 3.29. The molecule has 0 bridgehead atoms. The van der Waals surface area contributed by atoms with E-state index in [1.54, 1.807) is 0 Å². The van der Waals surface area contributed by atoms with E-state index in [9.17, 15) is 0 Å². The molecule has 0 aliphatic carbocycles. The summed E-state index contributed by atoms with van der Waals surface area (Å²) in [4.78, 5) is 2.30. The highest BCUT2D eigenvalue weighted by atomic mass is 15.3. The van der Waals surface area contributed by atoms with Crippen LogP contribution in [0, 0.1) is 0 Å². The number of nitrogens with one attached hydrogen (secondary N) is 1. The van der Waals surface area contributed by atoms with E-state index in [-0.39, 0.29) is 0 Å². The van der Waals surface area contributed by atoms with Gasteiger partial charge in [0.1, 0.15) is 5.82 Å². The first-order valence-corrected chi connectivity index (χ1v) is 6.72. The first-order valence-electron chi connectivity index (χ1n) is 6.72. The monoisotopic (exact) mass is 253 g/mol. The van der Waals surface area contributed by atoms with Crippen molar-refractivity contribution in [1.29, 1.82) is 0 Å². The zero-order valence-electron chi connectivity index (χ0n) is 12.3. The van der Waals surface area contributed by atoms with E-state index in [2.05, 4.69) is 43.1 Å². The Labute approximate surface area is 110 Å². The summed E-state index contributed by atoms with van der Waals surface area (Å²) < 4.78 is 1.84. The predicted molar refractivity (Wildman–Crippen MR) is 77.9 cm³/mol. The quantitative estimate of drug-likeness (QED) is 0.776. The van der Waals surface area contributed by atoms with Crippen molar-refractivity contribution in [2.45, 2.75) is 39.7 Å². The van der Waals surface area contributed by atoms with Crippen LogP contribution in [0.15, 0.2) is 0 Å². The van der Waals surface area contributed by atoms with Crippen molar-refractivity contribution < 1.29 is 0 Å². The summed E-state index contributed by atoms with van der Waals surface area (Å²) in [6, 6.07) is 0.561. The Morgan fingerprint density at radius 3 is 2.67 bits per heavy atom. The normalized spacial score (nSPS) is 11.5. The topological polar surface area (TPSA) is 59.1 Å². The number of nitrogen functional groups attached to an aromatic ring is 1. The number of aromatic nitrogens is 2. The first kappa shape index (κ1) is 14.8. The van der Waals surface area contributed by atoms with Gasteiger partial charge in [-0.25, -0.2) is 0 Å². The predicted octanol–water partition coefficient (Wildman–Crippen LogP) is 1.71. The van der Waals surface area contributed by atoms with Crippen LogP contribution in [0.1, 0.15) is 32.9 Å². The number of likely N-dealkylation sites (N-methyl/N-ethyl adjacent to an activating group) is 1. The summed E-state index contributed by atoms with van der Waals surface area (Å²) in [5.41, 5.74) is 7.90. The van der Waals surface area contributed by atoms with Crippen molar-refractivity contribution in [1.82, 2.24) is 14.7 Å². The molecule has 1 heterocycles. The van der Waals surface area contributed by atoms with Crippen LogP contribution in [0.5, 0.6) is 0 Å². The van der Waals surface area contributed by atoms with E-state index in [4.69, 9.17) is 5.73 Å². The van der Waals surface area contributed by atoms with Gasteiger partial charge in [0, 0.05) is 26.2 Å². The lowest BCUT2D eigenvalue weighted by Crippen LogP contribution is -2.31. The molecular formula is C13H27N5. The van der Waals surface area contributed by atoms with Crippen molar-refractivity contribution >= 4 is 11.5 Å². The third-order valence-corrected chi connectivity index (χ3v) is 3.29. The molecule has 0 unspecified atom stereocenters. The lowest BCUT2D eigenvalue weighted by atomic mass is 10.2.